The highest BCUT2D eigenvalue weighted by Gasteiger charge is 2.12. The highest BCUT2D eigenvalue weighted by Crippen LogP contribution is 2.17. The first-order valence-electron chi connectivity index (χ1n) is 9.45. The fourth-order valence-corrected chi connectivity index (χ4v) is 2.47. The van der Waals surface area contributed by atoms with Gasteiger partial charge in [0.15, 0.2) is 0 Å². The molecule has 0 aliphatic rings. The SMILES string of the molecule is CNOCC(=NOC)c1ccccc1COc1cccc(OCCOC(C)C)n1. The average Bonchev–Trinajstić information content (AvgIpc) is 2.73. The molecule has 8 nitrogen and oxygen atoms in total. The van der Waals surface area contributed by atoms with Crippen molar-refractivity contribution in [3.05, 3.63) is 53.6 Å². The lowest BCUT2D eigenvalue weighted by Gasteiger charge is -2.13. The molecule has 1 aromatic heterocycles. The molecule has 1 aromatic carbocycles. The molecule has 0 saturated heterocycles. The summed E-state index contributed by atoms with van der Waals surface area (Å²) in [6.07, 6.45) is 0.173. The van der Waals surface area contributed by atoms with E-state index in [-0.39, 0.29) is 12.7 Å². The van der Waals surface area contributed by atoms with E-state index < -0.39 is 0 Å². The molecule has 8 heteroatoms. The second kappa shape index (κ2) is 12.7. The number of aromatic nitrogens is 1. The van der Waals surface area contributed by atoms with Crippen molar-refractivity contribution in [1.82, 2.24) is 10.5 Å². The molecule has 0 amide bonds. The van der Waals surface area contributed by atoms with Crippen LogP contribution in [0.1, 0.15) is 25.0 Å². The highest BCUT2D eigenvalue weighted by molar-refractivity contribution is 6.02. The molecule has 0 unspecified atom stereocenters. The third-order valence-electron chi connectivity index (χ3n) is 3.74. The average molecular weight is 403 g/mol. The van der Waals surface area contributed by atoms with Crippen LogP contribution in [0, 0.1) is 0 Å². The quantitative estimate of drug-likeness (QED) is 0.313. The third kappa shape index (κ3) is 8.06. The van der Waals surface area contributed by atoms with E-state index in [1.807, 2.05) is 44.2 Å². The number of rotatable bonds is 13. The van der Waals surface area contributed by atoms with Crippen LogP contribution >= 0.6 is 0 Å². The van der Waals surface area contributed by atoms with Crippen molar-refractivity contribution >= 4 is 5.71 Å². The molecule has 1 N–H and O–H groups in total. The van der Waals surface area contributed by atoms with Crippen molar-refractivity contribution in [2.24, 2.45) is 5.16 Å². The van der Waals surface area contributed by atoms with Gasteiger partial charge in [0.2, 0.25) is 11.8 Å². The Balaban J connectivity index is 2.01. The van der Waals surface area contributed by atoms with Gasteiger partial charge in [0.25, 0.3) is 0 Å². The molecular weight excluding hydrogens is 374 g/mol. The monoisotopic (exact) mass is 403 g/mol. The normalized spacial score (nSPS) is 11.6. The van der Waals surface area contributed by atoms with Crippen LogP contribution in [0.15, 0.2) is 47.6 Å². The lowest BCUT2D eigenvalue weighted by atomic mass is 10.0. The number of nitrogens with one attached hydrogen (secondary N) is 1. The minimum absolute atomic E-state index is 0.173. The number of hydroxylamine groups is 1. The molecule has 0 bridgehead atoms. The summed E-state index contributed by atoms with van der Waals surface area (Å²) >= 11 is 0. The zero-order chi connectivity index (χ0) is 20.9. The molecule has 0 aliphatic carbocycles. The zero-order valence-corrected chi connectivity index (χ0v) is 17.4. The zero-order valence-electron chi connectivity index (χ0n) is 17.4. The summed E-state index contributed by atoms with van der Waals surface area (Å²) in [6.45, 7) is 5.47. The van der Waals surface area contributed by atoms with Gasteiger partial charge in [-0.15, -0.1) is 0 Å². The summed E-state index contributed by atoms with van der Waals surface area (Å²) in [5, 5.41) is 4.06. The minimum Gasteiger partial charge on any atom is -0.475 e. The van der Waals surface area contributed by atoms with Gasteiger partial charge in [-0.1, -0.05) is 35.5 Å². The number of benzene rings is 1. The van der Waals surface area contributed by atoms with E-state index >= 15 is 0 Å². The summed E-state index contributed by atoms with van der Waals surface area (Å²) in [5.74, 6) is 0.964. The standard InChI is InChI=1S/C21H29N3O5/c1-16(2)26-12-13-27-20-10-7-11-21(23-20)28-14-17-8-5-6-9-18(17)19(24-25-4)15-29-22-3/h5-11,16,22H,12-15H2,1-4H3. The number of hydrogen-bond donors (Lipinski definition) is 1. The van der Waals surface area contributed by atoms with Crippen molar-refractivity contribution < 1.29 is 23.9 Å². The Hall–Kier alpha value is -2.68. The fraction of sp³-hybridized carbons (Fsp3) is 0.429. The van der Waals surface area contributed by atoms with E-state index in [1.165, 1.54) is 7.11 Å². The Labute approximate surface area is 171 Å². The maximum absolute atomic E-state index is 5.88. The Morgan fingerprint density at radius 2 is 1.79 bits per heavy atom. The van der Waals surface area contributed by atoms with Crippen LogP contribution in [0.25, 0.3) is 0 Å². The predicted molar refractivity (Wildman–Crippen MR) is 110 cm³/mol. The van der Waals surface area contributed by atoms with Crippen molar-refractivity contribution in [2.75, 3.05) is 34.0 Å². The topological polar surface area (TPSA) is 83.4 Å². The van der Waals surface area contributed by atoms with Gasteiger partial charge in [0.05, 0.1) is 12.7 Å². The molecule has 0 saturated carbocycles. The third-order valence-corrected chi connectivity index (χ3v) is 3.74. The van der Waals surface area contributed by atoms with Gasteiger partial charge in [-0.2, -0.15) is 4.98 Å². The molecule has 0 spiro atoms. The van der Waals surface area contributed by atoms with Gasteiger partial charge < -0.3 is 19.0 Å². The van der Waals surface area contributed by atoms with E-state index in [0.717, 1.165) is 11.1 Å². The number of ether oxygens (including phenoxy) is 3. The van der Waals surface area contributed by atoms with Crippen LogP contribution in [0.4, 0.5) is 0 Å². The summed E-state index contributed by atoms with van der Waals surface area (Å²) in [7, 11) is 3.19. The maximum atomic E-state index is 5.88. The van der Waals surface area contributed by atoms with E-state index in [4.69, 9.17) is 23.9 Å². The van der Waals surface area contributed by atoms with Crippen LogP contribution in [-0.4, -0.2) is 50.8 Å². The Morgan fingerprint density at radius 3 is 2.52 bits per heavy atom. The largest absolute Gasteiger partial charge is 0.475 e. The van der Waals surface area contributed by atoms with Gasteiger partial charge in [-0.25, -0.2) is 5.48 Å². The second-order valence-electron chi connectivity index (χ2n) is 6.24. The first kappa shape index (κ1) is 22.6. The van der Waals surface area contributed by atoms with E-state index in [9.17, 15) is 0 Å². The minimum atomic E-state index is 0.173. The molecule has 0 atom stereocenters. The molecule has 0 aliphatic heterocycles. The molecule has 2 rings (SSSR count). The summed E-state index contributed by atoms with van der Waals surface area (Å²) in [5.41, 5.74) is 5.10. The van der Waals surface area contributed by atoms with Gasteiger partial charge in [-0.3, -0.25) is 4.84 Å². The van der Waals surface area contributed by atoms with Crippen LogP contribution < -0.4 is 15.0 Å². The number of pyridine rings is 1. The van der Waals surface area contributed by atoms with Crippen molar-refractivity contribution in [2.45, 2.75) is 26.6 Å². The first-order valence-corrected chi connectivity index (χ1v) is 9.45. The Kier molecular flexibility index (Phi) is 9.91. The molecule has 1 heterocycles. The van der Waals surface area contributed by atoms with Crippen molar-refractivity contribution in [3.63, 3.8) is 0 Å². The fourth-order valence-electron chi connectivity index (χ4n) is 2.47. The molecule has 158 valence electrons. The molecule has 0 fully saturated rings. The number of oxime groups is 1. The van der Waals surface area contributed by atoms with E-state index in [0.29, 0.717) is 37.3 Å². The van der Waals surface area contributed by atoms with Gasteiger partial charge >= 0.3 is 0 Å². The van der Waals surface area contributed by atoms with Gasteiger partial charge in [0, 0.05) is 24.7 Å². The first-order chi connectivity index (χ1) is 14.1. The molecular formula is C21H29N3O5. The summed E-state index contributed by atoms with van der Waals surface area (Å²) in [6, 6.07) is 13.2. The van der Waals surface area contributed by atoms with Crippen LogP contribution in [-0.2, 0) is 21.0 Å². The number of nitrogens with zero attached hydrogens (tertiary/aromatic N) is 2. The summed E-state index contributed by atoms with van der Waals surface area (Å²) in [4.78, 5) is 14.6. The lowest BCUT2D eigenvalue weighted by Crippen LogP contribution is -2.19. The summed E-state index contributed by atoms with van der Waals surface area (Å²) < 4.78 is 17.0. The Bertz CT molecular complexity index is 767. The van der Waals surface area contributed by atoms with E-state index in [2.05, 4.69) is 15.6 Å². The molecule has 2 aromatic rings. The van der Waals surface area contributed by atoms with E-state index in [1.54, 1.807) is 19.2 Å². The predicted octanol–water partition coefficient (Wildman–Crippen LogP) is 2.97. The van der Waals surface area contributed by atoms with Crippen LogP contribution in [0.3, 0.4) is 0 Å². The van der Waals surface area contributed by atoms with Gasteiger partial charge in [0.1, 0.15) is 32.6 Å². The smallest absolute Gasteiger partial charge is 0.216 e. The van der Waals surface area contributed by atoms with Gasteiger partial charge in [-0.05, 0) is 19.4 Å². The van der Waals surface area contributed by atoms with Crippen molar-refractivity contribution in [3.8, 4) is 11.8 Å². The van der Waals surface area contributed by atoms with Crippen LogP contribution in [0.2, 0.25) is 0 Å². The Morgan fingerprint density at radius 1 is 1.03 bits per heavy atom. The maximum Gasteiger partial charge on any atom is 0.216 e. The molecule has 0 radical (unpaired) electrons. The number of hydrogen-bond acceptors (Lipinski definition) is 8. The highest BCUT2D eigenvalue weighted by atomic mass is 16.6. The van der Waals surface area contributed by atoms with Crippen LogP contribution in [0.5, 0.6) is 11.8 Å². The molecule has 29 heavy (non-hydrogen) atoms. The lowest BCUT2D eigenvalue weighted by molar-refractivity contribution is 0.0540. The van der Waals surface area contributed by atoms with Crippen molar-refractivity contribution in [1.29, 1.82) is 0 Å². The second-order valence-corrected chi connectivity index (χ2v) is 6.24.